The Morgan fingerprint density at radius 1 is 1.50 bits per heavy atom. The molecule has 0 amide bonds. The largest absolute Gasteiger partial charge is 0.395 e. The van der Waals surface area contributed by atoms with Crippen molar-refractivity contribution in [3.05, 3.63) is 17.5 Å². The van der Waals surface area contributed by atoms with Crippen molar-refractivity contribution in [2.45, 2.75) is 52.2 Å². The van der Waals surface area contributed by atoms with Gasteiger partial charge in [0.25, 0.3) is 0 Å². The summed E-state index contributed by atoms with van der Waals surface area (Å²) in [6.45, 7) is 9.14. The highest BCUT2D eigenvalue weighted by Gasteiger charge is 2.19. The van der Waals surface area contributed by atoms with Gasteiger partial charge in [0.05, 0.1) is 18.0 Å². The van der Waals surface area contributed by atoms with Crippen molar-refractivity contribution in [1.29, 1.82) is 0 Å². The minimum absolute atomic E-state index is 0.216. The van der Waals surface area contributed by atoms with Crippen molar-refractivity contribution in [3.8, 4) is 0 Å². The van der Waals surface area contributed by atoms with Gasteiger partial charge in [0.2, 0.25) is 0 Å². The molecule has 0 saturated carbocycles. The zero-order valence-electron chi connectivity index (χ0n) is 12.8. The number of aliphatic hydroxyl groups excluding tert-OH is 1. The van der Waals surface area contributed by atoms with Crippen LogP contribution in [0.25, 0.3) is 0 Å². The Morgan fingerprint density at radius 2 is 2.35 bits per heavy atom. The molecule has 2 N–H and O–H groups in total. The molecular weight excluding hydrogens is 252 g/mol. The quantitative estimate of drug-likeness (QED) is 0.746. The number of hydrogen-bond acceptors (Lipinski definition) is 4. The minimum atomic E-state index is 0.216. The smallest absolute Gasteiger partial charge is 0.0625 e. The van der Waals surface area contributed by atoms with E-state index in [0.717, 1.165) is 44.8 Å². The van der Waals surface area contributed by atoms with Crippen LogP contribution in [0.2, 0.25) is 0 Å². The Bertz CT molecular complexity index is 399. The van der Waals surface area contributed by atoms with Crippen molar-refractivity contribution in [1.82, 2.24) is 20.0 Å². The summed E-state index contributed by atoms with van der Waals surface area (Å²) in [5, 5.41) is 17.4. The average Bonchev–Trinajstić information content (AvgIpc) is 3.08. The van der Waals surface area contributed by atoms with Gasteiger partial charge in [-0.2, -0.15) is 5.10 Å². The fraction of sp³-hybridized carbons (Fsp3) is 0.800. The van der Waals surface area contributed by atoms with Crippen LogP contribution in [0.5, 0.6) is 0 Å². The standard InChI is InChI=1S/C15H28N4O/c1-3-13-10-15(19(4-2)17-13)12-18(8-9-20)11-14-6-5-7-16-14/h10,14,16,20H,3-9,11-12H2,1-2H3. The molecule has 114 valence electrons. The molecule has 2 heterocycles. The lowest BCUT2D eigenvalue weighted by molar-refractivity contribution is 0.175. The first-order valence-electron chi connectivity index (χ1n) is 7.89. The number of aromatic nitrogens is 2. The number of rotatable bonds is 8. The summed E-state index contributed by atoms with van der Waals surface area (Å²) in [4.78, 5) is 2.34. The summed E-state index contributed by atoms with van der Waals surface area (Å²) in [6.07, 6.45) is 3.49. The molecule has 0 aliphatic carbocycles. The molecule has 1 fully saturated rings. The Labute approximate surface area is 122 Å². The van der Waals surface area contributed by atoms with Crippen LogP contribution in [0.15, 0.2) is 6.07 Å². The average molecular weight is 280 g/mol. The minimum Gasteiger partial charge on any atom is -0.395 e. The molecule has 0 spiro atoms. The third kappa shape index (κ3) is 4.04. The Kier molecular flexibility index (Phi) is 6.01. The van der Waals surface area contributed by atoms with Crippen LogP contribution in [0.1, 0.15) is 38.1 Å². The molecule has 5 heteroatoms. The maximum Gasteiger partial charge on any atom is 0.0625 e. The van der Waals surface area contributed by atoms with Gasteiger partial charge in [-0.05, 0) is 38.8 Å². The van der Waals surface area contributed by atoms with E-state index >= 15 is 0 Å². The van der Waals surface area contributed by atoms with Crippen molar-refractivity contribution < 1.29 is 5.11 Å². The maximum atomic E-state index is 9.28. The summed E-state index contributed by atoms with van der Waals surface area (Å²) in [5.41, 5.74) is 2.42. The van der Waals surface area contributed by atoms with Crippen LogP contribution in [0, 0.1) is 0 Å². The van der Waals surface area contributed by atoms with E-state index < -0.39 is 0 Å². The molecule has 1 unspecified atom stereocenters. The summed E-state index contributed by atoms with van der Waals surface area (Å²) in [5.74, 6) is 0. The zero-order chi connectivity index (χ0) is 14.4. The highest BCUT2D eigenvalue weighted by atomic mass is 16.3. The van der Waals surface area contributed by atoms with E-state index in [1.807, 2.05) is 0 Å². The Balaban J connectivity index is 2.00. The molecule has 0 bridgehead atoms. The van der Waals surface area contributed by atoms with Gasteiger partial charge < -0.3 is 10.4 Å². The number of aliphatic hydroxyl groups is 1. The normalized spacial score (nSPS) is 19.1. The van der Waals surface area contributed by atoms with Gasteiger partial charge in [0.15, 0.2) is 0 Å². The Hall–Kier alpha value is -0.910. The molecule has 5 nitrogen and oxygen atoms in total. The lowest BCUT2D eigenvalue weighted by Gasteiger charge is -2.25. The van der Waals surface area contributed by atoms with Crippen molar-refractivity contribution in [3.63, 3.8) is 0 Å². The number of nitrogens with one attached hydrogen (secondary N) is 1. The van der Waals surface area contributed by atoms with Gasteiger partial charge in [-0.3, -0.25) is 9.58 Å². The topological polar surface area (TPSA) is 53.3 Å². The van der Waals surface area contributed by atoms with Gasteiger partial charge in [-0.1, -0.05) is 6.92 Å². The number of aryl methyl sites for hydroxylation is 2. The van der Waals surface area contributed by atoms with Crippen LogP contribution in [0.4, 0.5) is 0 Å². The second-order valence-corrected chi connectivity index (χ2v) is 5.55. The lowest BCUT2D eigenvalue weighted by atomic mass is 10.2. The molecule has 1 atom stereocenters. The van der Waals surface area contributed by atoms with E-state index in [4.69, 9.17) is 0 Å². The van der Waals surface area contributed by atoms with Crippen molar-refractivity contribution in [2.75, 3.05) is 26.2 Å². The van der Waals surface area contributed by atoms with E-state index in [1.54, 1.807) is 0 Å². The second-order valence-electron chi connectivity index (χ2n) is 5.55. The van der Waals surface area contributed by atoms with Crippen LogP contribution < -0.4 is 5.32 Å². The first kappa shape index (κ1) is 15.5. The fourth-order valence-corrected chi connectivity index (χ4v) is 2.92. The zero-order valence-corrected chi connectivity index (χ0v) is 12.8. The molecule has 1 aliphatic rings. The second kappa shape index (κ2) is 7.76. The van der Waals surface area contributed by atoms with E-state index in [9.17, 15) is 5.11 Å². The van der Waals surface area contributed by atoms with Gasteiger partial charge in [0, 0.05) is 32.2 Å². The monoisotopic (exact) mass is 280 g/mol. The molecule has 1 aromatic heterocycles. The highest BCUT2D eigenvalue weighted by molar-refractivity contribution is 5.10. The predicted octanol–water partition coefficient (Wildman–Crippen LogP) is 1.01. The molecule has 1 saturated heterocycles. The van der Waals surface area contributed by atoms with Gasteiger partial charge in [-0.25, -0.2) is 0 Å². The lowest BCUT2D eigenvalue weighted by Crippen LogP contribution is -2.39. The predicted molar refractivity (Wildman–Crippen MR) is 80.7 cm³/mol. The van der Waals surface area contributed by atoms with Crippen LogP contribution in [0.3, 0.4) is 0 Å². The SMILES string of the molecule is CCc1cc(CN(CCO)CC2CCCN2)n(CC)n1. The molecule has 1 aliphatic heterocycles. The molecule has 2 rings (SSSR count). The maximum absolute atomic E-state index is 9.28. The number of hydrogen-bond donors (Lipinski definition) is 2. The molecule has 1 aromatic rings. The molecular formula is C15H28N4O. The highest BCUT2D eigenvalue weighted by Crippen LogP contribution is 2.12. The van der Waals surface area contributed by atoms with Crippen LogP contribution in [-0.4, -0.2) is 52.1 Å². The van der Waals surface area contributed by atoms with E-state index in [1.165, 1.54) is 18.5 Å². The summed E-state index contributed by atoms with van der Waals surface area (Å²) < 4.78 is 2.09. The van der Waals surface area contributed by atoms with Crippen LogP contribution in [-0.2, 0) is 19.5 Å². The first-order chi connectivity index (χ1) is 9.76. The summed E-state index contributed by atoms with van der Waals surface area (Å²) in [7, 11) is 0. The van der Waals surface area contributed by atoms with Gasteiger partial charge in [-0.15, -0.1) is 0 Å². The molecule has 0 radical (unpaired) electrons. The van der Waals surface area contributed by atoms with Crippen LogP contribution >= 0.6 is 0 Å². The molecule has 0 aromatic carbocycles. The third-order valence-electron chi connectivity index (χ3n) is 4.02. The van der Waals surface area contributed by atoms with E-state index in [2.05, 4.69) is 39.9 Å². The van der Waals surface area contributed by atoms with E-state index in [-0.39, 0.29) is 6.61 Å². The van der Waals surface area contributed by atoms with Crippen molar-refractivity contribution in [2.24, 2.45) is 0 Å². The van der Waals surface area contributed by atoms with Crippen molar-refractivity contribution >= 4 is 0 Å². The van der Waals surface area contributed by atoms with Gasteiger partial charge in [0.1, 0.15) is 0 Å². The third-order valence-corrected chi connectivity index (χ3v) is 4.02. The Morgan fingerprint density at radius 3 is 2.95 bits per heavy atom. The summed E-state index contributed by atoms with van der Waals surface area (Å²) in [6, 6.07) is 2.78. The summed E-state index contributed by atoms with van der Waals surface area (Å²) >= 11 is 0. The molecule has 20 heavy (non-hydrogen) atoms. The first-order valence-corrected chi connectivity index (χ1v) is 7.89. The number of nitrogens with zero attached hydrogens (tertiary/aromatic N) is 3. The van der Waals surface area contributed by atoms with Gasteiger partial charge >= 0.3 is 0 Å². The fourth-order valence-electron chi connectivity index (χ4n) is 2.92. The van der Waals surface area contributed by atoms with E-state index in [0.29, 0.717) is 6.04 Å².